The molecule has 0 aliphatic rings. The molecule has 0 spiro atoms. The Morgan fingerprint density at radius 2 is 0.982 bits per heavy atom. The van der Waals surface area contributed by atoms with Crippen molar-refractivity contribution in [3.8, 4) is 11.5 Å². The molecule has 2 heterocycles. The van der Waals surface area contributed by atoms with E-state index in [0.29, 0.717) is 35.8 Å². The van der Waals surface area contributed by atoms with Gasteiger partial charge < -0.3 is 14.2 Å². The number of aromatic nitrogens is 2. The smallest absolute Gasteiger partial charge is 0.346 e. The molecule has 0 aliphatic heterocycles. The number of benzene rings is 6. The van der Waals surface area contributed by atoms with Gasteiger partial charge in [-0.25, -0.2) is 19.6 Å². The van der Waals surface area contributed by atoms with Crippen LogP contribution < -0.4 is 9.47 Å². The number of pyridine rings is 2. The summed E-state index contributed by atoms with van der Waals surface area (Å²) in [7, 11) is 0. The fourth-order valence-electron chi connectivity index (χ4n) is 6.06. The molecule has 0 saturated heterocycles. The van der Waals surface area contributed by atoms with Gasteiger partial charge >= 0.3 is 11.9 Å². The molecule has 2 aromatic heterocycles. The molecule has 8 aromatic rings. The molecule has 0 N–H and O–H groups in total. The van der Waals surface area contributed by atoms with E-state index in [0.717, 1.165) is 65.6 Å². The molecule has 8 rings (SSSR count). The molecule has 0 unspecified atom stereocenters. The summed E-state index contributed by atoms with van der Waals surface area (Å²) in [5.74, 6) is 1.44. The van der Waals surface area contributed by atoms with E-state index >= 15 is 0 Å². The van der Waals surface area contributed by atoms with E-state index < -0.39 is 11.9 Å². The molecule has 0 atom stereocenters. The Morgan fingerprint density at radius 3 is 1.58 bits per heavy atom. The van der Waals surface area contributed by atoms with Gasteiger partial charge in [0.15, 0.2) is 0 Å². The van der Waals surface area contributed by atoms with Crippen LogP contribution in [0.5, 0.6) is 11.5 Å². The molecule has 0 saturated carbocycles. The maximum absolute atomic E-state index is 13.0. The number of esters is 2. The average Bonchev–Trinajstić information content (AvgIpc) is 3.26. The number of hydrogen-bond donors (Lipinski definition) is 0. The molecule has 280 valence electrons. The normalized spacial score (nSPS) is 11.0. The number of ether oxygens (including phenoxy) is 3. The van der Waals surface area contributed by atoms with E-state index in [1.165, 1.54) is 0 Å². The van der Waals surface area contributed by atoms with Crippen molar-refractivity contribution in [1.82, 2.24) is 9.97 Å². The van der Waals surface area contributed by atoms with Crippen LogP contribution in [0, 0.1) is 0 Å². The van der Waals surface area contributed by atoms with Crippen LogP contribution in [0.4, 0.5) is 0 Å². The zero-order valence-corrected chi connectivity index (χ0v) is 32.4. The lowest BCUT2D eigenvalue weighted by molar-refractivity contribution is 0.0397. The lowest BCUT2D eigenvalue weighted by atomic mass is 10.1. The first-order chi connectivity index (χ1) is 28.0. The summed E-state index contributed by atoms with van der Waals surface area (Å²) < 4.78 is 17.4. The lowest BCUT2D eigenvalue weighted by Crippen LogP contribution is -2.13. The monoisotopic (exact) mass is 784 g/mol. The van der Waals surface area contributed by atoms with E-state index in [-0.39, 0.29) is 0 Å². The molecule has 0 fully saturated rings. The Kier molecular flexibility index (Phi) is 11.9. The van der Waals surface area contributed by atoms with E-state index in [1.807, 2.05) is 127 Å². The third-order valence-corrected chi connectivity index (χ3v) is 11.2. The molecule has 0 amide bonds. The standard InChI is InChI=1S/C48H36N2O5S2/c51-47(37-20-18-33(19-21-37)31-56-43-14-6-12-41(27-43)53-29-39-24-22-35-9-1-3-16-45(35)49-39)55-48(52)38-11-5-8-34(26-38)32-57-44-15-7-13-42(28-44)54-30-40-25-23-36-10-2-4-17-46(36)50-40/h1-28H,29-32H2. The highest BCUT2D eigenvalue weighted by Crippen LogP contribution is 2.29. The van der Waals surface area contributed by atoms with Crippen molar-refractivity contribution < 1.29 is 23.8 Å². The number of nitrogens with zero attached hydrogens (tertiary/aromatic N) is 2. The van der Waals surface area contributed by atoms with Gasteiger partial charge in [-0.05, 0) is 96.1 Å². The summed E-state index contributed by atoms with van der Waals surface area (Å²) in [4.78, 5) is 37.4. The summed E-state index contributed by atoms with van der Waals surface area (Å²) >= 11 is 3.29. The molecular formula is C48H36N2O5S2. The molecule has 6 aromatic carbocycles. The van der Waals surface area contributed by atoms with Gasteiger partial charge in [0.05, 0.1) is 33.5 Å². The number of carbonyl (C=O) groups excluding carboxylic acids is 2. The van der Waals surface area contributed by atoms with Crippen molar-refractivity contribution in [1.29, 1.82) is 0 Å². The van der Waals surface area contributed by atoms with Gasteiger partial charge in [0.25, 0.3) is 0 Å². The van der Waals surface area contributed by atoms with Crippen molar-refractivity contribution in [3.05, 3.63) is 203 Å². The Bertz CT molecular complexity index is 2680. The number of hydrogen-bond acceptors (Lipinski definition) is 9. The second-order valence-electron chi connectivity index (χ2n) is 13.2. The largest absolute Gasteiger partial charge is 0.487 e. The van der Waals surface area contributed by atoms with Crippen molar-refractivity contribution >= 4 is 57.3 Å². The van der Waals surface area contributed by atoms with E-state index in [1.54, 1.807) is 53.9 Å². The Labute approximate surface area is 339 Å². The summed E-state index contributed by atoms with van der Waals surface area (Å²) in [6.45, 7) is 0.741. The fraction of sp³-hybridized carbons (Fsp3) is 0.0833. The zero-order chi connectivity index (χ0) is 38.8. The van der Waals surface area contributed by atoms with E-state index in [9.17, 15) is 9.59 Å². The second-order valence-corrected chi connectivity index (χ2v) is 15.3. The topological polar surface area (TPSA) is 87.6 Å². The van der Waals surface area contributed by atoms with Crippen molar-refractivity contribution in [2.75, 3.05) is 0 Å². The SMILES string of the molecule is O=C(OC(=O)c1cccc(CSc2cccc(OCc3ccc4ccccc4n3)c2)c1)c1ccc(CSc2cccc(OCc3ccc4ccccc4n3)c2)cc1. The van der Waals surface area contributed by atoms with E-state index in [2.05, 4.69) is 22.1 Å². The van der Waals surface area contributed by atoms with Gasteiger partial charge in [0.1, 0.15) is 24.7 Å². The summed E-state index contributed by atoms with van der Waals surface area (Å²) in [5, 5.41) is 2.19. The van der Waals surface area contributed by atoms with Gasteiger partial charge in [0.2, 0.25) is 0 Å². The third-order valence-electron chi connectivity index (χ3n) is 9.05. The van der Waals surface area contributed by atoms with Gasteiger partial charge in [-0.2, -0.15) is 0 Å². The van der Waals surface area contributed by atoms with E-state index in [4.69, 9.17) is 14.2 Å². The number of rotatable bonds is 14. The van der Waals surface area contributed by atoms with Crippen molar-refractivity contribution in [3.63, 3.8) is 0 Å². The molecule has 0 aliphatic carbocycles. The fourth-order valence-corrected chi connectivity index (χ4v) is 7.85. The van der Waals surface area contributed by atoms with Crippen LogP contribution in [0.1, 0.15) is 43.2 Å². The van der Waals surface area contributed by atoms with Gasteiger partial charge in [-0.3, -0.25) is 0 Å². The summed E-state index contributed by atoms with van der Waals surface area (Å²) in [6, 6.07) is 54.2. The first-order valence-electron chi connectivity index (χ1n) is 18.4. The Morgan fingerprint density at radius 1 is 0.456 bits per heavy atom. The van der Waals surface area contributed by atoms with Gasteiger partial charge in [-0.1, -0.05) is 84.9 Å². The highest BCUT2D eigenvalue weighted by Gasteiger charge is 2.16. The maximum Gasteiger partial charge on any atom is 0.346 e. The Hall–Kier alpha value is -6.42. The van der Waals surface area contributed by atoms with Crippen molar-refractivity contribution in [2.45, 2.75) is 34.5 Å². The first kappa shape index (κ1) is 37.5. The quantitative estimate of drug-likeness (QED) is 0.0607. The number of carbonyl (C=O) groups is 2. The van der Waals surface area contributed by atoms with Crippen LogP contribution in [-0.2, 0) is 29.5 Å². The zero-order valence-electron chi connectivity index (χ0n) is 30.7. The average molecular weight is 785 g/mol. The second kappa shape index (κ2) is 18.0. The summed E-state index contributed by atoms with van der Waals surface area (Å²) in [5.41, 5.74) is 6.18. The van der Waals surface area contributed by atoms with Gasteiger partial charge in [-0.15, -0.1) is 23.5 Å². The predicted molar refractivity (Wildman–Crippen MR) is 227 cm³/mol. The highest BCUT2D eigenvalue weighted by molar-refractivity contribution is 7.98. The minimum Gasteiger partial charge on any atom is -0.487 e. The van der Waals surface area contributed by atoms with Crippen LogP contribution in [0.15, 0.2) is 180 Å². The molecular weight excluding hydrogens is 749 g/mol. The van der Waals surface area contributed by atoms with Crippen LogP contribution in [0.3, 0.4) is 0 Å². The molecule has 0 radical (unpaired) electrons. The molecule has 0 bridgehead atoms. The van der Waals surface area contributed by atoms with Crippen molar-refractivity contribution in [2.24, 2.45) is 0 Å². The molecule has 7 nitrogen and oxygen atoms in total. The van der Waals surface area contributed by atoms with Crippen LogP contribution in [0.2, 0.25) is 0 Å². The Balaban J connectivity index is 0.796. The van der Waals surface area contributed by atoms with Crippen LogP contribution >= 0.6 is 23.5 Å². The van der Waals surface area contributed by atoms with Gasteiger partial charge in [0, 0.05) is 32.1 Å². The highest BCUT2D eigenvalue weighted by atomic mass is 32.2. The number of thioether (sulfide) groups is 2. The molecule has 57 heavy (non-hydrogen) atoms. The van der Waals surface area contributed by atoms with Crippen LogP contribution in [0.25, 0.3) is 21.8 Å². The predicted octanol–water partition coefficient (Wildman–Crippen LogP) is 11.5. The number of para-hydroxylation sites is 2. The minimum absolute atomic E-state index is 0.306. The first-order valence-corrected chi connectivity index (χ1v) is 20.3. The van der Waals surface area contributed by atoms with Crippen LogP contribution in [-0.4, -0.2) is 21.9 Å². The maximum atomic E-state index is 13.0. The lowest BCUT2D eigenvalue weighted by Gasteiger charge is -2.09. The summed E-state index contributed by atoms with van der Waals surface area (Å²) in [6.07, 6.45) is 0. The molecule has 9 heteroatoms. The minimum atomic E-state index is -0.694. The number of fused-ring (bicyclic) bond motifs is 2. The third kappa shape index (κ3) is 10.1.